The Morgan fingerprint density at radius 1 is 1.00 bits per heavy atom. The number of hydrogen-bond acceptors (Lipinski definition) is 6. The summed E-state index contributed by atoms with van der Waals surface area (Å²) >= 11 is 1.09. The number of nitrogen functional groups attached to an aromatic ring is 1. The number of para-hydroxylation sites is 1. The van der Waals surface area contributed by atoms with E-state index in [0.29, 0.717) is 11.3 Å². The SMILES string of the molecule is Nn1c(COc2ccccc2F)nnc1SC(C(=O)Nc1ccc(F)cc1)c1ccccc1. The van der Waals surface area contributed by atoms with E-state index in [1.54, 1.807) is 24.3 Å². The molecule has 3 N–H and O–H groups in total. The van der Waals surface area contributed by atoms with Gasteiger partial charge in [0.2, 0.25) is 11.1 Å². The second-order valence-corrected chi connectivity index (χ2v) is 7.96. The van der Waals surface area contributed by atoms with Crippen LogP contribution < -0.4 is 15.9 Å². The molecule has 4 rings (SSSR count). The first-order valence-corrected chi connectivity index (χ1v) is 10.7. The number of ether oxygens (including phenoxy) is 1. The van der Waals surface area contributed by atoms with Gasteiger partial charge < -0.3 is 15.9 Å². The van der Waals surface area contributed by atoms with Crippen molar-refractivity contribution in [3.8, 4) is 5.75 Å². The smallest absolute Gasteiger partial charge is 0.242 e. The number of amides is 1. The van der Waals surface area contributed by atoms with Crippen LogP contribution >= 0.6 is 11.8 Å². The van der Waals surface area contributed by atoms with Crippen molar-refractivity contribution in [2.24, 2.45) is 0 Å². The summed E-state index contributed by atoms with van der Waals surface area (Å²) in [7, 11) is 0. The van der Waals surface area contributed by atoms with E-state index >= 15 is 0 Å². The summed E-state index contributed by atoms with van der Waals surface area (Å²) in [6.07, 6.45) is 0. The third kappa shape index (κ3) is 5.47. The fraction of sp³-hybridized carbons (Fsp3) is 0.0870. The summed E-state index contributed by atoms with van der Waals surface area (Å²) in [6.45, 7) is -0.108. The van der Waals surface area contributed by atoms with E-state index in [0.717, 1.165) is 11.8 Å². The number of halogens is 2. The minimum atomic E-state index is -0.719. The minimum Gasteiger partial charge on any atom is -0.482 e. The molecule has 0 aliphatic heterocycles. The number of nitrogens with one attached hydrogen (secondary N) is 1. The molecule has 1 amide bonds. The molecule has 0 bridgehead atoms. The number of anilines is 1. The average Bonchev–Trinajstić information content (AvgIpc) is 3.18. The van der Waals surface area contributed by atoms with Crippen LogP contribution in [0.2, 0.25) is 0 Å². The number of hydrogen-bond donors (Lipinski definition) is 2. The van der Waals surface area contributed by atoms with E-state index in [4.69, 9.17) is 10.6 Å². The second-order valence-electron chi connectivity index (χ2n) is 6.89. The maximum atomic E-state index is 13.8. The van der Waals surface area contributed by atoms with Gasteiger partial charge in [-0.2, -0.15) is 0 Å². The molecule has 4 aromatic rings. The third-order valence-electron chi connectivity index (χ3n) is 4.60. The van der Waals surface area contributed by atoms with E-state index in [-0.39, 0.29) is 29.2 Å². The van der Waals surface area contributed by atoms with Gasteiger partial charge in [0.25, 0.3) is 0 Å². The van der Waals surface area contributed by atoms with Gasteiger partial charge in [-0.1, -0.05) is 54.2 Å². The van der Waals surface area contributed by atoms with Gasteiger partial charge in [0, 0.05) is 5.69 Å². The molecule has 1 atom stereocenters. The summed E-state index contributed by atoms with van der Waals surface area (Å²) in [6, 6.07) is 20.5. The lowest BCUT2D eigenvalue weighted by Crippen LogP contribution is -2.21. The Hall–Kier alpha value is -3.92. The number of carbonyl (C=O) groups is 1. The molecule has 0 saturated carbocycles. The minimum absolute atomic E-state index is 0.0653. The van der Waals surface area contributed by atoms with Gasteiger partial charge in [-0.25, -0.2) is 13.5 Å². The van der Waals surface area contributed by atoms with Crippen LogP contribution in [0.25, 0.3) is 0 Å². The van der Waals surface area contributed by atoms with Crippen molar-refractivity contribution in [1.82, 2.24) is 14.9 Å². The maximum absolute atomic E-state index is 13.8. The van der Waals surface area contributed by atoms with Crippen LogP contribution in [0.1, 0.15) is 16.6 Å². The fourth-order valence-corrected chi connectivity index (χ4v) is 3.91. The van der Waals surface area contributed by atoms with Gasteiger partial charge in [0.15, 0.2) is 17.4 Å². The fourth-order valence-electron chi connectivity index (χ4n) is 2.94. The lowest BCUT2D eigenvalue weighted by Gasteiger charge is -2.16. The number of benzene rings is 3. The lowest BCUT2D eigenvalue weighted by molar-refractivity contribution is -0.115. The highest BCUT2D eigenvalue weighted by molar-refractivity contribution is 8.00. The van der Waals surface area contributed by atoms with Gasteiger partial charge in [-0.15, -0.1) is 10.2 Å². The molecule has 7 nitrogen and oxygen atoms in total. The molecule has 3 aromatic carbocycles. The first kappa shape index (κ1) is 22.3. The quantitative estimate of drug-likeness (QED) is 0.296. The number of rotatable bonds is 8. The van der Waals surface area contributed by atoms with Crippen LogP contribution in [0.3, 0.4) is 0 Å². The van der Waals surface area contributed by atoms with E-state index in [1.807, 2.05) is 18.2 Å². The van der Waals surface area contributed by atoms with Crippen molar-refractivity contribution >= 4 is 23.4 Å². The van der Waals surface area contributed by atoms with Gasteiger partial charge >= 0.3 is 0 Å². The van der Waals surface area contributed by atoms with Crippen LogP contribution in [0.4, 0.5) is 14.5 Å². The lowest BCUT2D eigenvalue weighted by atomic mass is 10.1. The Morgan fingerprint density at radius 2 is 1.70 bits per heavy atom. The molecule has 10 heteroatoms. The number of thioether (sulfide) groups is 1. The summed E-state index contributed by atoms with van der Waals surface area (Å²) in [5.41, 5.74) is 1.17. The molecule has 0 aliphatic carbocycles. The highest BCUT2D eigenvalue weighted by Gasteiger charge is 2.25. The van der Waals surface area contributed by atoms with Crippen LogP contribution in [-0.4, -0.2) is 20.8 Å². The van der Waals surface area contributed by atoms with Crippen molar-refractivity contribution in [1.29, 1.82) is 0 Å². The zero-order valence-electron chi connectivity index (χ0n) is 17.2. The van der Waals surface area contributed by atoms with E-state index in [2.05, 4.69) is 15.5 Å². The Kier molecular flexibility index (Phi) is 6.84. The molecule has 0 fully saturated rings. The zero-order valence-corrected chi connectivity index (χ0v) is 18.0. The number of carbonyl (C=O) groups excluding carboxylic acids is 1. The Morgan fingerprint density at radius 3 is 2.42 bits per heavy atom. The molecule has 1 heterocycles. The Bertz CT molecular complexity index is 1240. The summed E-state index contributed by atoms with van der Waals surface area (Å²) in [5, 5.41) is 10.4. The molecular formula is C23H19F2N5O2S. The second kappa shape index (κ2) is 10.1. The predicted molar refractivity (Wildman–Crippen MR) is 121 cm³/mol. The molecule has 168 valence electrons. The van der Waals surface area contributed by atoms with E-state index in [9.17, 15) is 13.6 Å². The molecule has 0 spiro atoms. The first-order chi connectivity index (χ1) is 16.0. The van der Waals surface area contributed by atoms with Crippen LogP contribution in [0.5, 0.6) is 5.75 Å². The molecule has 1 unspecified atom stereocenters. The van der Waals surface area contributed by atoms with Crippen molar-refractivity contribution in [3.63, 3.8) is 0 Å². The van der Waals surface area contributed by atoms with Crippen molar-refractivity contribution < 1.29 is 18.3 Å². The third-order valence-corrected chi connectivity index (χ3v) is 5.82. The van der Waals surface area contributed by atoms with Gasteiger partial charge in [-0.05, 0) is 42.0 Å². The summed E-state index contributed by atoms with van der Waals surface area (Å²) in [5.74, 6) is 5.20. The van der Waals surface area contributed by atoms with Crippen LogP contribution in [-0.2, 0) is 11.4 Å². The standard InChI is InChI=1S/C23H19F2N5O2S/c24-16-10-12-17(13-11-16)27-22(31)21(15-6-2-1-3-7-15)33-23-29-28-20(30(23)26)14-32-19-9-5-4-8-18(19)25/h1-13,21H,14,26H2,(H,27,31). The van der Waals surface area contributed by atoms with Crippen molar-refractivity contribution in [3.05, 3.63) is 102 Å². The van der Waals surface area contributed by atoms with E-state index < -0.39 is 16.9 Å². The molecule has 33 heavy (non-hydrogen) atoms. The normalized spacial score (nSPS) is 11.7. The summed E-state index contributed by atoms with van der Waals surface area (Å²) < 4.78 is 33.6. The summed E-state index contributed by atoms with van der Waals surface area (Å²) in [4.78, 5) is 13.1. The van der Waals surface area contributed by atoms with Gasteiger partial charge in [0.1, 0.15) is 17.7 Å². The monoisotopic (exact) mass is 467 g/mol. The maximum Gasteiger partial charge on any atom is 0.242 e. The van der Waals surface area contributed by atoms with Gasteiger partial charge in [-0.3, -0.25) is 4.79 Å². The molecule has 0 aliphatic rings. The predicted octanol–water partition coefficient (Wildman–Crippen LogP) is 4.32. The largest absolute Gasteiger partial charge is 0.482 e. The van der Waals surface area contributed by atoms with Gasteiger partial charge in [0.05, 0.1) is 0 Å². The Labute approximate surface area is 192 Å². The molecule has 0 radical (unpaired) electrons. The first-order valence-electron chi connectivity index (χ1n) is 9.86. The van der Waals surface area contributed by atoms with Crippen molar-refractivity contribution in [2.45, 2.75) is 17.0 Å². The molecular weight excluding hydrogens is 448 g/mol. The molecule has 0 saturated heterocycles. The van der Waals surface area contributed by atoms with E-state index in [1.165, 1.54) is 41.1 Å². The Balaban J connectivity index is 1.52. The van der Waals surface area contributed by atoms with Crippen LogP contribution in [0, 0.1) is 11.6 Å². The van der Waals surface area contributed by atoms with Crippen LogP contribution in [0.15, 0.2) is 84.0 Å². The zero-order chi connectivity index (χ0) is 23.2. The average molecular weight is 468 g/mol. The highest BCUT2D eigenvalue weighted by atomic mass is 32.2. The topological polar surface area (TPSA) is 95.1 Å². The highest BCUT2D eigenvalue weighted by Crippen LogP contribution is 2.35. The number of nitrogens with zero attached hydrogens (tertiary/aromatic N) is 3. The number of nitrogens with two attached hydrogens (primary N) is 1. The molecule has 1 aromatic heterocycles. The van der Waals surface area contributed by atoms with Crippen molar-refractivity contribution in [2.75, 3.05) is 11.2 Å². The number of aromatic nitrogens is 3.